The number of nitrogens with zero attached hydrogens (tertiary/aromatic N) is 1. The summed E-state index contributed by atoms with van der Waals surface area (Å²) >= 11 is 0. The summed E-state index contributed by atoms with van der Waals surface area (Å²) in [6.45, 7) is 6.05. The fourth-order valence-electron chi connectivity index (χ4n) is 0.772. The molecule has 0 aromatic carbocycles. The van der Waals surface area contributed by atoms with Crippen LogP contribution in [0.25, 0.3) is 0 Å². The van der Waals surface area contributed by atoms with Crippen LogP contribution in [0, 0.1) is 5.92 Å². The highest BCUT2D eigenvalue weighted by atomic mass is 16.3. The fraction of sp³-hybridized carbons (Fsp3) is 0.556. The topological polar surface area (TPSA) is 55.1 Å². The molecule has 0 saturated carbocycles. The molecule has 0 aliphatic rings. The maximum atomic E-state index is 11.4. The van der Waals surface area contributed by atoms with E-state index >= 15 is 0 Å². The minimum atomic E-state index is -0.210. The SMILES string of the molecule is CC(C)[C@@H](C)NC(=O)c1cnco1. The highest BCUT2D eigenvalue weighted by Gasteiger charge is 2.14. The molecule has 0 spiro atoms. The van der Waals surface area contributed by atoms with Crippen molar-refractivity contribution in [2.24, 2.45) is 5.92 Å². The molecule has 1 aromatic rings. The van der Waals surface area contributed by atoms with Crippen molar-refractivity contribution in [3.8, 4) is 0 Å². The lowest BCUT2D eigenvalue weighted by atomic mass is 10.1. The van der Waals surface area contributed by atoms with Crippen LogP contribution in [0.4, 0.5) is 0 Å². The number of aromatic nitrogens is 1. The quantitative estimate of drug-likeness (QED) is 0.769. The molecule has 1 amide bonds. The number of carbonyl (C=O) groups is 1. The van der Waals surface area contributed by atoms with E-state index in [1.165, 1.54) is 12.6 Å². The molecule has 0 radical (unpaired) electrons. The van der Waals surface area contributed by atoms with Crippen LogP contribution >= 0.6 is 0 Å². The van der Waals surface area contributed by atoms with E-state index in [0.29, 0.717) is 5.92 Å². The van der Waals surface area contributed by atoms with Crippen molar-refractivity contribution < 1.29 is 9.21 Å². The van der Waals surface area contributed by atoms with E-state index in [1.54, 1.807) is 0 Å². The van der Waals surface area contributed by atoms with Crippen LogP contribution in [0.2, 0.25) is 0 Å². The number of carbonyl (C=O) groups excluding carboxylic acids is 1. The second-order valence-electron chi connectivity index (χ2n) is 3.37. The van der Waals surface area contributed by atoms with Gasteiger partial charge in [0.2, 0.25) is 5.76 Å². The van der Waals surface area contributed by atoms with Crippen molar-refractivity contribution in [2.75, 3.05) is 0 Å². The molecule has 4 nitrogen and oxygen atoms in total. The van der Waals surface area contributed by atoms with E-state index in [0.717, 1.165) is 0 Å². The molecule has 72 valence electrons. The molecule has 1 atom stereocenters. The van der Waals surface area contributed by atoms with Gasteiger partial charge < -0.3 is 9.73 Å². The maximum absolute atomic E-state index is 11.4. The summed E-state index contributed by atoms with van der Waals surface area (Å²) < 4.78 is 4.85. The Morgan fingerprint density at radius 2 is 2.23 bits per heavy atom. The second-order valence-corrected chi connectivity index (χ2v) is 3.37. The van der Waals surface area contributed by atoms with Crippen molar-refractivity contribution in [2.45, 2.75) is 26.8 Å². The van der Waals surface area contributed by atoms with Gasteiger partial charge >= 0.3 is 0 Å². The summed E-state index contributed by atoms with van der Waals surface area (Å²) in [5.41, 5.74) is 0. The number of oxazole rings is 1. The summed E-state index contributed by atoms with van der Waals surface area (Å²) in [6, 6.07) is 0.137. The van der Waals surface area contributed by atoms with Crippen LogP contribution in [0.1, 0.15) is 31.3 Å². The van der Waals surface area contributed by atoms with E-state index in [1.807, 2.05) is 20.8 Å². The molecule has 0 unspecified atom stereocenters. The molecule has 1 heterocycles. The van der Waals surface area contributed by atoms with Crippen LogP contribution in [-0.2, 0) is 0 Å². The predicted molar refractivity (Wildman–Crippen MR) is 48.3 cm³/mol. The fourth-order valence-corrected chi connectivity index (χ4v) is 0.772. The Bertz CT molecular complexity index is 267. The first kappa shape index (κ1) is 9.77. The Balaban J connectivity index is 2.52. The standard InChI is InChI=1S/C9H14N2O2/c1-6(2)7(3)11-9(12)8-4-10-5-13-8/h4-7H,1-3H3,(H,11,12)/t7-/m1/s1. The van der Waals surface area contributed by atoms with Crippen LogP contribution in [0.15, 0.2) is 17.0 Å². The Hall–Kier alpha value is -1.32. The van der Waals surface area contributed by atoms with Gasteiger partial charge in [0, 0.05) is 6.04 Å². The second kappa shape index (κ2) is 4.07. The first-order chi connectivity index (χ1) is 6.11. The molecule has 0 saturated heterocycles. The molecule has 13 heavy (non-hydrogen) atoms. The van der Waals surface area contributed by atoms with Gasteiger partial charge in [0.15, 0.2) is 6.39 Å². The first-order valence-corrected chi connectivity index (χ1v) is 4.30. The molecule has 0 fully saturated rings. The molecule has 0 aliphatic heterocycles. The Labute approximate surface area is 77.3 Å². The number of hydrogen-bond donors (Lipinski definition) is 1. The van der Waals surface area contributed by atoms with Crippen LogP contribution in [0.3, 0.4) is 0 Å². The summed E-state index contributed by atoms with van der Waals surface area (Å²) in [4.78, 5) is 15.0. The van der Waals surface area contributed by atoms with Crippen LogP contribution < -0.4 is 5.32 Å². The molecule has 1 aromatic heterocycles. The lowest BCUT2D eigenvalue weighted by Gasteiger charge is -2.15. The Morgan fingerprint density at radius 1 is 1.54 bits per heavy atom. The van der Waals surface area contributed by atoms with Gasteiger partial charge in [-0.2, -0.15) is 0 Å². The zero-order chi connectivity index (χ0) is 9.84. The molecular formula is C9H14N2O2. The zero-order valence-corrected chi connectivity index (χ0v) is 8.07. The highest BCUT2D eigenvalue weighted by molar-refractivity contribution is 5.91. The van der Waals surface area contributed by atoms with Crippen LogP contribution in [-0.4, -0.2) is 16.9 Å². The molecule has 1 N–H and O–H groups in total. The van der Waals surface area contributed by atoms with Gasteiger partial charge in [-0.25, -0.2) is 4.98 Å². The molecule has 0 aliphatic carbocycles. The molecule has 4 heteroatoms. The minimum Gasteiger partial charge on any atom is -0.438 e. The summed E-state index contributed by atoms with van der Waals surface area (Å²) in [5, 5.41) is 2.81. The van der Waals surface area contributed by atoms with Gasteiger partial charge in [-0.3, -0.25) is 4.79 Å². The minimum absolute atomic E-state index is 0.137. The van der Waals surface area contributed by atoms with E-state index in [2.05, 4.69) is 10.3 Å². The summed E-state index contributed by atoms with van der Waals surface area (Å²) in [7, 11) is 0. The van der Waals surface area contributed by atoms with Crippen molar-refractivity contribution in [1.82, 2.24) is 10.3 Å². The predicted octanol–water partition coefficient (Wildman–Crippen LogP) is 1.45. The Morgan fingerprint density at radius 3 is 2.69 bits per heavy atom. The summed E-state index contributed by atoms with van der Waals surface area (Å²) in [6.07, 6.45) is 2.65. The third-order valence-corrected chi connectivity index (χ3v) is 2.01. The number of rotatable bonds is 3. The molecule has 1 rings (SSSR count). The highest BCUT2D eigenvalue weighted by Crippen LogP contribution is 2.02. The van der Waals surface area contributed by atoms with Crippen LogP contribution in [0.5, 0.6) is 0 Å². The average molecular weight is 182 g/mol. The largest absolute Gasteiger partial charge is 0.438 e. The normalized spacial score (nSPS) is 12.9. The van der Waals surface area contributed by atoms with Crippen molar-refractivity contribution in [3.63, 3.8) is 0 Å². The third kappa shape index (κ3) is 2.57. The van der Waals surface area contributed by atoms with Crippen molar-refractivity contribution >= 4 is 5.91 Å². The van der Waals surface area contributed by atoms with Gasteiger partial charge in [0.05, 0.1) is 6.20 Å². The monoisotopic (exact) mass is 182 g/mol. The van der Waals surface area contributed by atoms with Crippen molar-refractivity contribution in [3.05, 3.63) is 18.4 Å². The van der Waals surface area contributed by atoms with Gasteiger partial charge in [-0.15, -0.1) is 0 Å². The van der Waals surface area contributed by atoms with E-state index < -0.39 is 0 Å². The smallest absolute Gasteiger partial charge is 0.288 e. The molecular weight excluding hydrogens is 168 g/mol. The number of amides is 1. The lowest BCUT2D eigenvalue weighted by Crippen LogP contribution is -2.35. The zero-order valence-electron chi connectivity index (χ0n) is 8.07. The van der Waals surface area contributed by atoms with Gasteiger partial charge in [0.1, 0.15) is 0 Å². The first-order valence-electron chi connectivity index (χ1n) is 4.30. The molecule has 0 bridgehead atoms. The lowest BCUT2D eigenvalue weighted by molar-refractivity contribution is 0.0902. The number of nitrogens with one attached hydrogen (secondary N) is 1. The maximum Gasteiger partial charge on any atom is 0.288 e. The Kier molecular flexibility index (Phi) is 3.06. The van der Waals surface area contributed by atoms with Gasteiger partial charge in [-0.05, 0) is 12.8 Å². The average Bonchev–Trinajstić information content (AvgIpc) is 2.55. The van der Waals surface area contributed by atoms with E-state index in [-0.39, 0.29) is 17.7 Å². The third-order valence-electron chi connectivity index (χ3n) is 2.01. The van der Waals surface area contributed by atoms with Gasteiger partial charge in [-0.1, -0.05) is 13.8 Å². The van der Waals surface area contributed by atoms with Crippen molar-refractivity contribution in [1.29, 1.82) is 0 Å². The number of hydrogen-bond acceptors (Lipinski definition) is 3. The summed E-state index contributed by atoms with van der Waals surface area (Å²) in [5.74, 6) is 0.457. The van der Waals surface area contributed by atoms with Gasteiger partial charge in [0.25, 0.3) is 5.91 Å². The van der Waals surface area contributed by atoms with E-state index in [9.17, 15) is 4.79 Å². The van der Waals surface area contributed by atoms with E-state index in [4.69, 9.17) is 4.42 Å².